The number of halogens is 4. The van der Waals surface area contributed by atoms with Crippen molar-refractivity contribution in [1.29, 1.82) is 0 Å². The molecule has 1 unspecified atom stereocenters. The minimum absolute atomic E-state index is 0.0377. The summed E-state index contributed by atoms with van der Waals surface area (Å²) < 4.78 is 61.8. The van der Waals surface area contributed by atoms with Gasteiger partial charge in [0.15, 0.2) is 9.84 Å². The first kappa shape index (κ1) is 17.9. The van der Waals surface area contributed by atoms with Gasteiger partial charge in [-0.15, -0.1) is 0 Å². The van der Waals surface area contributed by atoms with Gasteiger partial charge in [-0.1, -0.05) is 11.6 Å². The predicted molar refractivity (Wildman–Crippen MR) is 80.3 cm³/mol. The molecule has 1 aromatic rings. The molecule has 1 atom stereocenters. The zero-order valence-corrected chi connectivity index (χ0v) is 13.6. The summed E-state index contributed by atoms with van der Waals surface area (Å²) >= 11 is 5.57. The number of amides is 2. The van der Waals surface area contributed by atoms with E-state index in [4.69, 9.17) is 11.6 Å². The van der Waals surface area contributed by atoms with Crippen LogP contribution in [-0.4, -0.2) is 43.9 Å². The fraction of sp³-hybridized carbons (Fsp3) is 0.462. The number of rotatable bonds is 2. The van der Waals surface area contributed by atoms with Gasteiger partial charge in [-0.2, -0.15) is 13.2 Å². The van der Waals surface area contributed by atoms with E-state index in [9.17, 15) is 26.4 Å². The van der Waals surface area contributed by atoms with Crippen molar-refractivity contribution in [1.82, 2.24) is 4.90 Å². The van der Waals surface area contributed by atoms with Gasteiger partial charge >= 0.3 is 12.2 Å². The summed E-state index contributed by atoms with van der Waals surface area (Å²) in [6, 6.07) is 1.65. The Hall–Kier alpha value is -1.48. The number of hydrogen-bond acceptors (Lipinski definition) is 3. The van der Waals surface area contributed by atoms with Crippen molar-refractivity contribution >= 4 is 33.2 Å². The van der Waals surface area contributed by atoms with E-state index >= 15 is 0 Å². The Morgan fingerprint density at radius 2 is 2.04 bits per heavy atom. The molecule has 1 heterocycles. The number of nitrogens with one attached hydrogen (secondary N) is 1. The summed E-state index contributed by atoms with van der Waals surface area (Å²) in [5.41, 5.74) is -1.50. The topological polar surface area (TPSA) is 66.5 Å². The van der Waals surface area contributed by atoms with Crippen LogP contribution in [0.4, 0.5) is 23.7 Å². The van der Waals surface area contributed by atoms with Crippen molar-refractivity contribution in [3.8, 4) is 0 Å². The second kappa shape index (κ2) is 6.20. The number of sulfone groups is 1. The normalized spacial score (nSPS) is 20.3. The Bertz CT molecular complexity index is 722. The van der Waals surface area contributed by atoms with Crippen molar-refractivity contribution in [3.05, 3.63) is 28.8 Å². The molecule has 0 radical (unpaired) electrons. The standard InChI is InChI=1S/C13H14ClF3N2O3S/c1-19(9-4-5-23(21,22)7-9)12(20)18-11-3-2-8(14)6-10(11)13(15,16)17/h2-3,6,9H,4-5,7H2,1H3,(H,18,20). The number of anilines is 1. The number of nitrogens with zero attached hydrogens (tertiary/aromatic N) is 1. The zero-order chi connectivity index (χ0) is 17.4. The van der Waals surface area contributed by atoms with Gasteiger partial charge in [0.05, 0.1) is 22.8 Å². The molecule has 5 nitrogen and oxygen atoms in total. The molecule has 23 heavy (non-hydrogen) atoms. The predicted octanol–water partition coefficient (Wildman–Crippen LogP) is 3.01. The van der Waals surface area contributed by atoms with Crippen LogP contribution in [0.15, 0.2) is 18.2 Å². The van der Waals surface area contributed by atoms with E-state index in [1.807, 2.05) is 0 Å². The molecule has 128 valence electrons. The van der Waals surface area contributed by atoms with E-state index in [-0.39, 0.29) is 22.9 Å². The maximum absolute atomic E-state index is 13.0. The number of carbonyl (C=O) groups is 1. The van der Waals surface area contributed by atoms with E-state index in [2.05, 4.69) is 5.32 Å². The maximum atomic E-state index is 13.0. The highest BCUT2D eigenvalue weighted by Gasteiger charge is 2.36. The van der Waals surface area contributed by atoms with Crippen molar-refractivity contribution in [2.24, 2.45) is 0 Å². The van der Waals surface area contributed by atoms with Crippen LogP contribution in [0.1, 0.15) is 12.0 Å². The van der Waals surface area contributed by atoms with Crippen molar-refractivity contribution < 1.29 is 26.4 Å². The lowest BCUT2D eigenvalue weighted by molar-refractivity contribution is -0.136. The lowest BCUT2D eigenvalue weighted by Gasteiger charge is -2.24. The minimum atomic E-state index is -4.68. The molecule has 0 bridgehead atoms. The summed E-state index contributed by atoms with van der Waals surface area (Å²) in [5, 5.41) is 2.06. The highest BCUT2D eigenvalue weighted by Crippen LogP contribution is 2.36. The van der Waals surface area contributed by atoms with Gasteiger partial charge in [0.1, 0.15) is 0 Å². The minimum Gasteiger partial charge on any atom is -0.324 e. The quantitative estimate of drug-likeness (QED) is 0.870. The Labute approximate surface area is 136 Å². The molecule has 2 rings (SSSR count). The van der Waals surface area contributed by atoms with E-state index < -0.39 is 39.3 Å². The van der Waals surface area contributed by atoms with E-state index in [0.717, 1.165) is 17.0 Å². The van der Waals surface area contributed by atoms with Crippen LogP contribution in [0.3, 0.4) is 0 Å². The van der Waals surface area contributed by atoms with E-state index in [1.54, 1.807) is 0 Å². The molecule has 1 aliphatic heterocycles. The molecule has 0 aliphatic carbocycles. The fourth-order valence-electron chi connectivity index (χ4n) is 2.31. The summed E-state index contributed by atoms with van der Waals surface area (Å²) in [6.45, 7) is 0. The molecule has 1 saturated heterocycles. The molecule has 2 amide bonds. The van der Waals surface area contributed by atoms with Crippen LogP contribution in [0, 0.1) is 0 Å². The van der Waals surface area contributed by atoms with Gasteiger partial charge in [0.25, 0.3) is 0 Å². The monoisotopic (exact) mass is 370 g/mol. The fourth-order valence-corrected chi connectivity index (χ4v) is 4.26. The van der Waals surface area contributed by atoms with Crippen LogP contribution in [-0.2, 0) is 16.0 Å². The number of carbonyl (C=O) groups excluding carboxylic acids is 1. The molecule has 1 aromatic carbocycles. The van der Waals surface area contributed by atoms with E-state index in [1.165, 1.54) is 13.1 Å². The molecule has 1 N–H and O–H groups in total. The first-order valence-corrected chi connectivity index (χ1v) is 8.80. The zero-order valence-electron chi connectivity index (χ0n) is 12.0. The molecule has 0 saturated carbocycles. The number of hydrogen-bond donors (Lipinski definition) is 1. The summed E-state index contributed by atoms with van der Waals surface area (Å²) in [5.74, 6) is -0.228. The molecule has 1 aliphatic rings. The van der Waals surface area contributed by atoms with Crippen LogP contribution in [0.25, 0.3) is 0 Å². The van der Waals surface area contributed by atoms with Gasteiger partial charge < -0.3 is 10.2 Å². The molecule has 10 heteroatoms. The third-order valence-corrected chi connectivity index (χ3v) is 5.59. The maximum Gasteiger partial charge on any atom is 0.418 e. The highest BCUT2D eigenvalue weighted by atomic mass is 35.5. The Balaban J connectivity index is 2.18. The second-order valence-corrected chi connectivity index (χ2v) is 7.95. The Kier molecular flexibility index (Phi) is 4.81. The number of alkyl halides is 3. The smallest absolute Gasteiger partial charge is 0.324 e. The van der Waals surface area contributed by atoms with Crippen LogP contribution in [0.2, 0.25) is 5.02 Å². The van der Waals surface area contributed by atoms with Gasteiger partial charge in [-0.25, -0.2) is 13.2 Å². The highest BCUT2D eigenvalue weighted by molar-refractivity contribution is 7.91. The average molecular weight is 371 g/mol. The lowest BCUT2D eigenvalue weighted by atomic mass is 10.1. The van der Waals surface area contributed by atoms with E-state index in [0.29, 0.717) is 0 Å². The second-order valence-electron chi connectivity index (χ2n) is 5.29. The van der Waals surface area contributed by atoms with Crippen LogP contribution >= 0.6 is 11.6 Å². The summed E-state index contributed by atoms with van der Waals surface area (Å²) in [6.07, 6.45) is -4.41. The molecule has 0 spiro atoms. The first-order chi connectivity index (χ1) is 10.5. The van der Waals surface area contributed by atoms with Crippen molar-refractivity contribution in [2.45, 2.75) is 18.6 Å². The molecule has 0 aromatic heterocycles. The van der Waals surface area contributed by atoms with Crippen LogP contribution < -0.4 is 5.32 Å². The average Bonchev–Trinajstić information content (AvgIpc) is 2.79. The van der Waals surface area contributed by atoms with Gasteiger partial charge in [-0.05, 0) is 24.6 Å². The summed E-state index contributed by atoms with van der Waals surface area (Å²) in [7, 11) is -1.85. The molecular weight excluding hydrogens is 357 g/mol. The SMILES string of the molecule is CN(C(=O)Nc1ccc(Cl)cc1C(F)(F)F)C1CCS(=O)(=O)C1. The third-order valence-electron chi connectivity index (χ3n) is 3.61. The number of urea groups is 1. The Morgan fingerprint density at radius 1 is 1.39 bits per heavy atom. The molecular formula is C13H14ClF3N2O3S. The van der Waals surface area contributed by atoms with Gasteiger partial charge in [-0.3, -0.25) is 0 Å². The third kappa shape index (κ3) is 4.29. The molecule has 1 fully saturated rings. The van der Waals surface area contributed by atoms with Gasteiger partial charge in [0.2, 0.25) is 0 Å². The summed E-state index contributed by atoms with van der Waals surface area (Å²) in [4.78, 5) is 13.2. The van der Waals surface area contributed by atoms with Crippen molar-refractivity contribution in [3.63, 3.8) is 0 Å². The first-order valence-electron chi connectivity index (χ1n) is 6.60. The number of benzene rings is 1. The Morgan fingerprint density at radius 3 is 2.57 bits per heavy atom. The largest absolute Gasteiger partial charge is 0.418 e. The van der Waals surface area contributed by atoms with Crippen molar-refractivity contribution in [2.75, 3.05) is 23.9 Å². The lowest BCUT2D eigenvalue weighted by Crippen LogP contribution is -2.40. The van der Waals surface area contributed by atoms with Gasteiger partial charge in [0, 0.05) is 18.1 Å². The van der Waals surface area contributed by atoms with Crippen LogP contribution in [0.5, 0.6) is 0 Å².